The minimum atomic E-state index is -0.644. The highest BCUT2D eigenvalue weighted by Gasteiger charge is 2.59. The van der Waals surface area contributed by atoms with Crippen LogP contribution in [-0.4, -0.2) is 45.8 Å². The van der Waals surface area contributed by atoms with Gasteiger partial charge in [-0.2, -0.15) is 0 Å². The van der Waals surface area contributed by atoms with Crippen molar-refractivity contribution in [2.45, 2.75) is 91.2 Å². The molecule has 0 saturated heterocycles. The zero-order valence-electron chi connectivity index (χ0n) is 19.8. The van der Waals surface area contributed by atoms with Crippen molar-refractivity contribution in [3.05, 3.63) is 10.6 Å². The molecule has 0 aliphatic heterocycles. The molecule has 0 radical (unpaired) electrons. The third-order valence-corrected chi connectivity index (χ3v) is 9.14. The average Bonchev–Trinajstić information content (AvgIpc) is 3.43. The highest BCUT2D eigenvalue weighted by molar-refractivity contribution is 7.15. The lowest BCUT2D eigenvalue weighted by atomic mass is 9.47. The molecule has 2 amide bonds. The number of hydrogen-bond donors (Lipinski definition) is 4. The first-order valence-electron chi connectivity index (χ1n) is 11.8. The SMILES string of the molecule is CC(C)(C)C(=O)Nc1nc2c(s1)C[C@@H]1[C@](C)(CO)[C@H](O)CC[C@@]1(C)[C@@H]2CC(=O)NC1CC1. The number of anilines is 1. The maximum Gasteiger partial charge on any atom is 0.231 e. The molecule has 1 aromatic rings. The van der Waals surface area contributed by atoms with Crippen LogP contribution in [0.2, 0.25) is 0 Å². The Hall–Kier alpha value is -1.51. The van der Waals surface area contributed by atoms with E-state index in [1.807, 2.05) is 27.7 Å². The van der Waals surface area contributed by atoms with Crippen molar-refractivity contribution in [2.75, 3.05) is 11.9 Å². The molecule has 7 nitrogen and oxygen atoms in total. The molecular weight excluding hydrogens is 426 g/mol. The smallest absolute Gasteiger partial charge is 0.231 e. The van der Waals surface area contributed by atoms with Crippen LogP contribution in [0, 0.1) is 22.2 Å². The van der Waals surface area contributed by atoms with Gasteiger partial charge < -0.3 is 20.8 Å². The van der Waals surface area contributed by atoms with E-state index in [4.69, 9.17) is 4.98 Å². The van der Waals surface area contributed by atoms with Gasteiger partial charge in [-0.3, -0.25) is 9.59 Å². The molecule has 2 fully saturated rings. The van der Waals surface area contributed by atoms with Crippen LogP contribution in [0.4, 0.5) is 5.13 Å². The molecule has 3 aliphatic rings. The standard InChI is InChI=1S/C24H37N3O4S/c1-22(2,3)20(31)27-21-26-19-14(10-18(30)25-13-6-7-13)23(4)9-8-17(29)24(5,12-28)16(23)11-15(19)32-21/h13-14,16-17,28-29H,6-12H2,1-5H3,(H,25,30)(H,26,27,31)/t14-,16+,17-,23+,24+/m1/s1. The number of aromatic nitrogens is 1. The number of nitrogens with zero attached hydrogens (tertiary/aromatic N) is 1. The molecule has 178 valence electrons. The number of carbonyl (C=O) groups excluding carboxylic acids is 2. The van der Waals surface area contributed by atoms with Gasteiger partial charge in [-0.15, -0.1) is 11.3 Å². The maximum atomic E-state index is 12.9. The average molecular weight is 464 g/mol. The van der Waals surface area contributed by atoms with Crippen molar-refractivity contribution in [2.24, 2.45) is 22.2 Å². The highest BCUT2D eigenvalue weighted by Crippen LogP contribution is 2.62. The van der Waals surface area contributed by atoms with E-state index >= 15 is 0 Å². The number of amides is 2. The van der Waals surface area contributed by atoms with Crippen molar-refractivity contribution in [1.82, 2.24) is 10.3 Å². The van der Waals surface area contributed by atoms with Crippen LogP contribution in [0.1, 0.15) is 83.2 Å². The number of carbonyl (C=O) groups is 2. The van der Waals surface area contributed by atoms with Crippen LogP contribution in [-0.2, 0) is 16.0 Å². The summed E-state index contributed by atoms with van der Waals surface area (Å²) in [6.07, 6.45) is 3.88. The first-order chi connectivity index (χ1) is 14.9. The van der Waals surface area contributed by atoms with Crippen LogP contribution in [0.15, 0.2) is 0 Å². The van der Waals surface area contributed by atoms with Gasteiger partial charge in [0.25, 0.3) is 0 Å². The lowest BCUT2D eigenvalue weighted by Gasteiger charge is -2.58. The molecule has 5 atom stereocenters. The van der Waals surface area contributed by atoms with E-state index in [1.54, 1.807) is 0 Å². The van der Waals surface area contributed by atoms with E-state index < -0.39 is 16.9 Å². The Bertz CT molecular complexity index is 906. The normalized spacial score (nSPS) is 34.4. The quantitative estimate of drug-likeness (QED) is 0.536. The molecule has 4 N–H and O–H groups in total. The van der Waals surface area contributed by atoms with Crippen molar-refractivity contribution in [3.63, 3.8) is 0 Å². The summed E-state index contributed by atoms with van der Waals surface area (Å²) in [5, 5.41) is 27.8. The Labute approximate surface area is 194 Å². The lowest BCUT2D eigenvalue weighted by molar-refractivity contribution is -0.144. The third kappa shape index (κ3) is 4.10. The lowest BCUT2D eigenvalue weighted by Crippen LogP contribution is -2.57. The minimum absolute atomic E-state index is 0.0154. The Kier molecular flexibility index (Phi) is 5.96. The third-order valence-electron chi connectivity index (χ3n) is 8.13. The number of rotatable bonds is 5. The molecule has 1 aromatic heterocycles. The van der Waals surface area contributed by atoms with E-state index in [1.165, 1.54) is 11.3 Å². The Morgan fingerprint density at radius 1 is 1.22 bits per heavy atom. The number of thiazole rings is 1. The van der Waals surface area contributed by atoms with Gasteiger partial charge in [0.15, 0.2) is 5.13 Å². The second kappa shape index (κ2) is 8.06. The van der Waals surface area contributed by atoms with Gasteiger partial charge in [0.2, 0.25) is 11.8 Å². The number of aliphatic hydroxyl groups is 2. The van der Waals surface area contributed by atoms with Crippen LogP contribution in [0.25, 0.3) is 0 Å². The Balaban J connectivity index is 1.72. The molecule has 32 heavy (non-hydrogen) atoms. The predicted octanol–water partition coefficient (Wildman–Crippen LogP) is 3.21. The molecule has 8 heteroatoms. The zero-order chi connectivity index (χ0) is 23.5. The molecule has 2 saturated carbocycles. The molecule has 0 spiro atoms. The van der Waals surface area contributed by atoms with Gasteiger partial charge in [0, 0.05) is 34.1 Å². The first kappa shape index (κ1) is 23.6. The number of nitrogens with one attached hydrogen (secondary N) is 2. The molecular formula is C24H37N3O4S. The van der Waals surface area contributed by atoms with Gasteiger partial charge in [-0.05, 0) is 43.4 Å². The van der Waals surface area contributed by atoms with E-state index in [2.05, 4.69) is 17.6 Å². The van der Waals surface area contributed by atoms with E-state index in [0.29, 0.717) is 30.4 Å². The minimum Gasteiger partial charge on any atom is -0.396 e. The van der Waals surface area contributed by atoms with Gasteiger partial charge >= 0.3 is 0 Å². The predicted molar refractivity (Wildman–Crippen MR) is 124 cm³/mol. The van der Waals surface area contributed by atoms with Gasteiger partial charge in [0.05, 0.1) is 18.4 Å². The fourth-order valence-electron chi connectivity index (χ4n) is 5.68. The van der Waals surface area contributed by atoms with Crippen LogP contribution < -0.4 is 10.6 Å². The summed E-state index contributed by atoms with van der Waals surface area (Å²) >= 11 is 1.47. The summed E-state index contributed by atoms with van der Waals surface area (Å²) in [5.74, 6) is -0.159. The van der Waals surface area contributed by atoms with E-state index in [-0.39, 0.29) is 35.7 Å². The fraction of sp³-hybridized carbons (Fsp3) is 0.792. The summed E-state index contributed by atoms with van der Waals surface area (Å²) in [5.41, 5.74) is -0.547. The van der Waals surface area contributed by atoms with Gasteiger partial charge in [-0.1, -0.05) is 34.6 Å². The summed E-state index contributed by atoms with van der Waals surface area (Å²) in [7, 11) is 0. The molecule has 1 heterocycles. The van der Waals surface area contributed by atoms with Crippen LogP contribution in [0.3, 0.4) is 0 Å². The largest absolute Gasteiger partial charge is 0.396 e. The van der Waals surface area contributed by atoms with Crippen LogP contribution >= 0.6 is 11.3 Å². The number of hydrogen-bond acceptors (Lipinski definition) is 6. The molecule has 0 aromatic carbocycles. The topological polar surface area (TPSA) is 112 Å². The molecule has 3 aliphatic carbocycles. The molecule has 0 unspecified atom stereocenters. The Morgan fingerprint density at radius 3 is 2.50 bits per heavy atom. The number of aliphatic hydroxyl groups excluding tert-OH is 2. The fourth-order valence-corrected chi connectivity index (χ4v) is 6.75. The monoisotopic (exact) mass is 463 g/mol. The summed E-state index contributed by atoms with van der Waals surface area (Å²) in [6, 6.07) is 0.294. The number of fused-ring (bicyclic) bond motifs is 2. The summed E-state index contributed by atoms with van der Waals surface area (Å²) < 4.78 is 0. The van der Waals surface area contributed by atoms with E-state index in [9.17, 15) is 19.8 Å². The van der Waals surface area contributed by atoms with Crippen molar-refractivity contribution in [3.8, 4) is 0 Å². The highest BCUT2D eigenvalue weighted by atomic mass is 32.1. The maximum absolute atomic E-state index is 12.9. The second-order valence-corrected chi connectivity index (χ2v) is 12.7. The van der Waals surface area contributed by atoms with Gasteiger partial charge in [-0.25, -0.2) is 4.98 Å². The second-order valence-electron chi connectivity index (χ2n) is 11.6. The Morgan fingerprint density at radius 2 is 1.91 bits per heavy atom. The molecule has 4 rings (SSSR count). The van der Waals surface area contributed by atoms with Crippen LogP contribution in [0.5, 0.6) is 0 Å². The van der Waals surface area contributed by atoms with Crippen molar-refractivity contribution >= 4 is 28.3 Å². The van der Waals surface area contributed by atoms with E-state index in [0.717, 1.165) is 29.8 Å². The zero-order valence-corrected chi connectivity index (χ0v) is 20.6. The first-order valence-corrected chi connectivity index (χ1v) is 12.6. The van der Waals surface area contributed by atoms with Gasteiger partial charge in [0.1, 0.15) is 0 Å². The molecule has 0 bridgehead atoms. The van der Waals surface area contributed by atoms with Crippen molar-refractivity contribution < 1.29 is 19.8 Å². The van der Waals surface area contributed by atoms with Crippen molar-refractivity contribution in [1.29, 1.82) is 0 Å². The summed E-state index contributed by atoms with van der Waals surface area (Å²) in [4.78, 5) is 31.4. The summed E-state index contributed by atoms with van der Waals surface area (Å²) in [6.45, 7) is 9.66.